The molecule has 4 rings (SSSR count). The van der Waals surface area contributed by atoms with E-state index in [0.29, 0.717) is 12.5 Å². The first kappa shape index (κ1) is 18.1. The van der Waals surface area contributed by atoms with Crippen molar-refractivity contribution < 1.29 is 14.6 Å². The fourth-order valence-electron chi connectivity index (χ4n) is 4.12. The van der Waals surface area contributed by atoms with Crippen LogP contribution in [-0.2, 0) is 13.0 Å². The molecule has 1 saturated heterocycles. The number of rotatable bonds is 6. The Morgan fingerprint density at radius 3 is 2.93 bits per heavy atom. The lowest BCUT2D eigenvalue weighted by molar-refractivity contribution is 0.281. The number of hydrogen-bond donors (Lipinski definition) is 1. The average molecular weight is 365 g/mol. The zero-order valence-electron chi connectivity index (χ0n) is 15.9. The largest absolute Gasteiger partial charge is 0.497 e. The monoisotopic (exact) mass is 365 g/mol. The van der Waals surface area contributed by atoms with Crippen molar-refractivity contribution >= 4 is 6.08 Å². The predicted molar refractivity (Wildman–Crippen MR) is 107 cm³/mol. The zero-order valence-corrected chi connectivity index (χ0v) is 15.9. The van der Waals surface area contributed by atoms with Gasteiger partial charge in [-0.1, -0.05) is 24.3 Å². The summed E-state index contributed by atoms with van der Waals surface area (Å²) in [7, 11) is 1.69. The molecule has 1 fully saturated rings. The maximum absolute atomic E-state index is 9.32. The highest BCUT2D eigenvalue weighted by Gasteiger charge is 2.24. The molecular formula is C23H27NO3. The van der Waals surface area contributed by atoms with Crippen LogP contribution >= 0.6 is 0 Å². The molecule has 1 N–H and O–H groups in total. The minimum absolute atomic E-state index is 0.116. The number of fused-ring (bicyclic) bond motifs is 1. The maximum Gasteiger partial charge on any atom is 0.127 e. The van der Waals surface area contributed by atoms with E-state index < -0.39 is 0 Å². The summed E-state index contributed by atoms with van der Waals surface area (Å²) < 4.78 is 11.2. The third-order valence-electron chi connectivity index (χ3n) is 5.48. The first-order chi connectivity index (χ1) is 13.2. The fourth-order valence-corrected chi connectivity index (χ4v) is 4.12. The molecule has 0 radical (unpaired) electrons. The predicted octanol–water partition coefficient (Wildman–Crippen LogP) is 3.53. The van der Waals surface area contributed by atoms with Gasteiger partial charge in [-0.25, -0.2) is 0 Å². The highest BCUT2D eigenvalue weighted by atomic mass is 16.5. The van der Waals surface area contributed by atoms with E-state index in [1.807, 2.05) is 30.3 Å². The van der Waals surface area contributed by atoms with Gasteiger partial charge in [-0.3, -0.25) is 4.90 Å². The Morgan fingerprint density at radius 2 is 2.07 bits per heavy atom. The summed E-state index contributed by atoms with van der Waals surface area (Å²) in [5.41, 5.74) is 4.75. The molecule has 0 spiro atoms. The van der Waals surface area contributed by atoms with Crippen molar-refractivity contribution in [3.63, 3.8) is 0 Å². The van der Waals surface area contributed by atoms with Gasteiger partial charge < -0.3 is 14.6 Å². The number of methoxy groups -OCH3 is 1. The Morgan fingerprint density at radius 1 is 1.19 bits per heavy atom. The third kappa shape index (κ3) is 4.34. The maximum atomic E-state index is 9.32. The molecule has 4 heteroatoms. The van der Waals surface area contributed by atoms with Crippen molar-refractivity contribution in [3.05, 3.63) is 64.7 Å². The van der Waals surface area contributed by atoms with Crippen molar-refractivity contribution in [3.8, 4) is 11.5 Å². The highest BCUT2D eigenvalue weighted by molar-refractivity contribution is 5.64. The number of aliphatic hydroxyl groups excluding tert-OH is 1. The fraction of sp³-hybridized carbons (Fsp3) is 0.391. The summed E-state index contributed by atoms with van der Waals surface area (Å²) >= 11 is 0. The second kappa shape index (κ2) is 8.15. The Bertz CT molecular complexity index is 830. The quantitative estimate of drug-likeness (QED) is 0.850. The lowest BCUT2D eigenvalue weighted by Crippen LogP contribution is -2.26. The van der Waals surface area contributed by atoms with Crippen LogP contribution in [0, 0.1) is 5.92 Å². The molecule has 0 aliphatic carbocycles. The van der Waals surface area contributed by atoms with E-state index in [4.69, 9.17) is 9.47 Å². The number of nitrogens with zero attached hydrogens (tertiary/aromatic N) is 1. The molecule has 1 atom stereocenters. The van der Waals surface area contributed by atoms with Crippen LogP contribution in [0.5, 0.6) is 11.5 Å². The summed E-state index contributed by atoms with van der Waals surface area (Å²) in [4.78, 5) is 2.53. The van der Waals surface area contributed by atoms with Gasteiger partial charge in [-0.15, -0.1) is 0 Å². The molecule has 0 amide bonds. The number of hydrogen-bond acceptors (Lipinski definition) is 4. The van der Waals surface area contributed by atoms with Crippen LogP contribution in [0.3, 0.4) is 0 Å². The van der Waals surface area contributed by atoms with E-state index in [9.17, 15) is 5.11 Å². The number of ether oxygens (including phenoxy) is 2. The molecule has 27 heavy (non-hydrogen) atoms. The second-order valence-corrected chi connectivity index (χ2v) is 7.57. The van der Waals surface area contributed by atoms with Crippen LogP contribution in [-0.4, -0.2) is 43.4 Å². The van der Waals surface area contributed by atoms with Crippen LogP contribution in [0.1, 0.15) is 23.1 Å². The molecule has 2 aromatic rings. The second-order valence-electron chi connectivity index (χ2n) is 7.57. The Hall–Kier alpha value is -2.30. The molecule has 0 saturated carbocycles. The summed E-state index contributed by atoms with van der Waals surface area (Å²) in [6.07, 6.45) is 4.56. The van der Waals surface area contributed by atoms with Crippen LogP contribution in [0.25, 0.3) is 6.08 Å². The Labute approximate surface area is 161 Å². The van der Waals surface area contributed by atoms with Gasteiger partial charge in [0.15, 0.2) is 0 Å². The van der Waals surface area contributed by atoms with Gasteiger partial charge in [0.05, 0.1) is 13.7 Å². The van der Waals surface area contributed by atoms with Gasteiger partial charge >= 0.3 is 0 Å². The normalized spacial score (nSPS) is 19.3. The van der Waals surface area contributed by atoms with Crippen molar-refractivity contribution in [2.75, 3.05) is 33.4 Å². The molecule has 2 heterocycles. The lowest BCUT2D eigenvalue weighted by Gasteiger charge is -2.23. The van der Waals surface area contributed by atoms with E-state index in [-0.39, 0.29) is 6.61 Å². The molecule has 2 aliphatic rings. The minimum Gasteiger partial charge on any atom is -0.497 e. The smallest absolute Gasteiger partial charge is 0.127 e. The van der Waals surface area contributed by atoms with Gasteiger partial charge in [-0.05, 0) is 66.3 Å². The molecule has 4 nitrogen and oxygen atoms in total. The van der Waals surface area contributed by atoms with Crippen LogP contribution in [0.15, 0.2) is 48.0 Å². The minimum atomic E-state index is 0.116. The van der Waals surface area contributed by atoms with Gasteiger partial charge in [-0.2, -0.15) is 0 Å². The molecule has 2 aromatic carbocycles. The first-order valence-corrected chi connectivity index (χ1v) is 9.65. The third-order valence-corrected chi connectivity index (χ3v) is 5.48. The van der Waals surface area contributed by atoms with Crippen LogP contribution < -0.4 is 9.47 Å². The standard InChI is InChI=1S/C23H27NO3/c1-26-22-5-6-23-21(12-22)11-20(16-27-23)14-24-8-7-18(13-24)9-17-3-2-4-19(10-17)15-25/h2-6,10-12,18,25H,7-9,13-16H2,1H3/t18-/m1/s1. The molecule has 142 valence electrons. The van der Waals surface area contributed by atoms with Gasteiger partial charge in [0.25, 0.3) is 0 Å². The molecule has 0 aromatic heterocycles. The van der Waals surface area contributed by atoms with Crippen LogP contribution in [0.4, 0.5) is 0 Å². The molecular weight excluding hydrogens is 338 g/mol. The average Bonchev–Trinajstić information content (AvgIpc) is 3.14. The van der Waals surface area contributed by atoms with E-state index in [2.05, 4.69) is 23.1 Å². The highest BCUT2D eigenvalue weighted by Crippen LogP contribution is 2.31. The van der Waals surface area contributed by atoms with E-state index >= 15 is 0 Å². The van der Waals surface area contributed by atoms with Gasteiger partial charge in [0, 0.05) is 18.7 Å². The SMILES string of the molecule is COc1ccc2c(c1)C=C(CN1CC[C@H](Cc3cccc(CO)c3)C1)CO2. The van der Waals surface area contributed by atoms with Crippen LogP contribution in [0.2, 0.25) is 0 Å². The molecule has 2 aliphatic heterocycles. The molecule has 0 unspecified atom stereocenters. The van der Waals surface area contributed by atoms with Crippen molar-refractivity contribution in [1.29, 1.82) is 0 Å². The Balaban J connectivity index is 1.36. The summed E-state index contributed by atoms with van der Waals surface area (Å²) in [6.45, 7) is 3.99. The Kier molecular flexibility index (Phi) is 5.46. The topological polar surface area (TPSA) is 41.9 Å². The summed E-state index contributed by atoms with van der Waals surface area (Å²) in [5, 5.41) is 9.32. The number of benzene rings is 2. The lowest BCUT2D eigenvalue weighted by atomic mass is 9.97. The summed E-state index contributed by atoms with van der Waals surface area (Å²) in [6, 6.07) is 14.3. The van der Waals surface area contributed by atoms with Gasteiger partial charge in [0.1, 0.15) is 18.1 Å². The first-order valence-electron chi connectivity index (χ1n) is 9.65. The van der Waals surface area contributed by atoms with Crippen molar-refractivity contribution in [2.24, 2.45) is 5.92 Å². The van der Waals surface area contributed by atoms with Crippen molar-refractivity contribution in [1.82, 2.24) is 4.90 Å². The van der Waals surface area contributed by atoms with Crippen molar-refractivity contribution in [2.45, 2.75) is 19.4 Å². The van der Waals surface area contributed by atoms with Gasteiger partial charge in [0.2, 0.25) is 0 Å². The zero-order chi connectivity index (χ0) is 18.6. The molecule has 0 bridgehead atoms. The summed E-state index contributed by atoms with van der Waals surface area (Å²) in [5.74, 6) is 2.47. The van der Waals surface area contributed by atoms with E-state index in [0.717, 1.165) is 48.7 Å². The van der Waals surface area contributed by atoms with E-state index in [1.165, 1.54) is 17.6 Å². The number of aliphatic hydroxyl groups is 1. The number of likely N-dealkylation sites (tertiary alicyclic amines) is 1. The van der Waals surface area contributed by atoms with E-state index in [1.54, 1.807) is 7.11 Å².